The van der Waals surface area contributed by atoms with Gasteiger partial charge < -0.3 is 15.0 Å². The van der Waals surface area contributed by atoms with Crippen molar-refractivity contribution in [1.82, 2.24) is 14.9 Å². The molecule has 2 heterocycles. The number of amides is 2. The zero-order valence-electron chi connectivity index (χ0n) is 16.1. The number of nitrogens with one attached hydrogen (secondary N) is 1. The van der Waals surface area contributed by atoms with E-state index in [0.717, 1.165) is 16.8 Å². The zero-order chi connectivity index (χ0) is 20.2. The van der Waals surface area contributed by atoms with Crippen molar-refractivity contribution < 1.29 is 9.53 Å². The number of aromatic nitrogens is 2. The Hall–Kier alpha value is -3.12. The monoisotopic (exact) mass is 408 g/mol. The second-order valence-electron chi connectivity index (χ2n) is 6.69. The normalized spacial score (nSPS) is 13.0. The van der Waals surface area contributed by atoms with Gasteiger partial charge in [0, 0.05) is 29.2 Å². The number of benzene rings is 2. The highest BCUT2D eigenvalue weighted by Crippen LogP contribution is 2.29. The Morgan fingerprint density at radius 3 is 2.62 bits per heavy atom. The molecular formula is C22H21ClN4O2. The Kier molecular flexibility index (Phi) is 5.62. The lowest BCUT2D eigenvalue weighted by atomic mass is 10.1. The highest BCUT2D eigenvalue weighted by atomic mass is 35.5. The van der Waals surface area contributed by atoms with E-state index >= 15 is 0 Å². The van der Waals surface area contributed by atoms with Crippen LogP contribution in [0.5, 0.6) is 5.88 Å². The van der Waals surface area contributed by atoms with Crippen LogP contribution >= 0.6 is 11.6 Å². The largest absolute Gasteiger partial charge is 0.478 e. The fourth-order valence-electron chi connectivity index (χ4n) is 3.27. The number of hydrogen-bond donors (Lipinski definition) is 1. The highest BCUT2D eigenvalue weighted by Gasteiger charge is 2.26. The smallest absolute Gasteiger partial charge is 0.322 e. The second kappa shape index (κ2) is 8.49. The maximum Gasteiger partial charge on any atom is 0.322 e. The van der Waals surface area contributed by atoms with Crippen LogP contribution in [0.15, 0.2) is 54.6 Å². The lowest BCUT2D eigenvalue weighted by molar-refractivity contribution is 0.204. The number of rotatable bonds is 4. The minimum absolute atomic E-state index is 0.174. The average molecular weight is 409 g/mol. The molecule has 0 fully saturated rings. The van der Waals surface area contributed by atoms with Crippen molar-refractivity contribution in [2.24, 2.45) is 0 Å². The summed E-state index contributed by atoms with van der Waals surface area (Å²) in [7, 11) is 0. The van der Waals surface area contributed by atoms with Crippen LogP contribution in [0.1, 0.15) is 18.2 Å². The van der Waals surface area contributed by atoms with E-state index in [9.17, 15) is 4.79 Å². The van der Waals surface area contributed by atoms with Crippen LogP contribution in [0.25, 0.3) is 11.4 Å². The standard InChI is InChI=1S/C22H21ClN4O2/c1-2-29-21-18-14-27(22(28)24-17-10-8-16(23)9-11-17)13-12-19(18)25-20(26-21)15-6-4-3-5-7-15/h3-11H,2,12-14H2,1H3,(H,24,28). The number of urea groups is 1. The molecule has 2 amide bonds. The molecule has 6 nitrogen and oxygen atoms in total. The molecule has 1 aromatic heterocycles. The van der Waals surface area contributed by atoms with Gasteiger partial charge in [-0.25, -0.2) is 9.78 Å². The second-order valence-corrected chi connectivity index (χ2v) is 7.12. The van der Waals surface area contributed by atoms with E-state index in [1.54, 1.807) is 29.2 Å². The van der Waals surface area contributed by atoms with Gasteiger partial charge in [0.2, 0.25) is 5.88 Å². The number of carbonyl (C=O) groups is 1. The molecule has 1 aliphatic rings. The quantitative estimate of drug-likeness (QED) is 0.674. The van der Waals surface area contributed by atoms with Crippen LogP contribution in [-0.2, 0) is 13.0 Å². The highest BCUT2D eigenvalue weighted by molar-refractivity contribution is 6.30. The van der Waals surface area contributed by atoms with Crippen LogP contribution in [0, 0.1) is 0 Å². The van der Waals surface area contributed by atoms with Gasteiger partial charge in [-0.05, 0) is 31.2 Å². The van der Waals surface area contributed by atoms with E-state index in [2.05, 4.69) is 10.3 Å². The van der Waals surface area contributed by atoms with Gasteiger partial charge in [0.15, 0.2) is 5.82 Å². The van der Waals surface area contributed by atoms with Gasteiger partial charge in [0.25, 0.3) is 0 Å². The lowest BCUT2D eigenvalue weighted by Gasteiger charge is -2.29. The summed E-state index contributed by atoms with van der Waals surface area (Å²) < 4.78 is 5.80. The van der Waals surface area contributed by atoms with Gasteiger partial charge in [0.1, 0.15) is 0 Å². The van der Waals surface area contributed by atoms with Crippen LogP contribution in [0.2, 0.25) is 5.02 Å². The number of hydrogen-bond acceptors (Lipinski definition) is 4. The first-order chi connectivity index (χ1) is 14.1. The Morgan fingerprint density at radius 1 is 1.14 bits per heavy atom. The van der Waals surface area contributed by atoms with Gasteiger partial charge in [-0.3, -0.25) is 0 Å². The third-order valence-corrected chi connectivity index (χ3v) is 4.97. The Balaban J connectivity index is 1.58. The zero-order valence-corrected chi connectivity index (χ0v) is 16.8. The number of halogens is 1. The molecule has 0 bridgehead atoms. The summed E-state index contributed by atoms with van der Waals surface area (Å²) in [6, 6.07) is 16.7. The van der Waals surface area contributed by atoms with E-state index < -0.39 is 0 Å². The van der Waals surface area contributed by atoms with Crippen molar-refractivity contribution in [2.45, 2.75) is 19.9 Å². The molecule has 7 heteroatoms. The van der Waals surface area contributed by atoms with Gasteiger partial charge in [0.05, 0.1) is 24.4 Å². The summed E-state index contributed by atoms with van der Waals surface area (Å²) in [6.45, 7) is 3.39. The van der Waals surface area contributed by atoms with Crippen LogP contribution in [0.3, 0.4) is 0 Å². The third-order valence-electron chi connectivity index (χ3n) is 4.72. The van der Waals surface area contributed by atoms with Crippen molar-refractivity contribution in [1.29, 1.82) is 0 Å². The van der Waals surface area contributed by atoms with Crippen molar-refractivity contribution >= 4 is 23.3 Å². The number of ether oxygens (including phenoxy) is 1. The molecule has 0 radical (unpaired) electrons. The first-order valence-electron chi connectivity index (χ1n) is 9.53. The van der Waals surface area contributed by atoms with Crippen molar-refractivity contribution in [3.05, 3.63) is 70.9 Å². The number of anilines is 1. The third kappa shape index (κ3) is 4.32. The molecule has 1 aliphatic heterocycles. The fourth-order valence-corrected chi connectivity index (χ4v) is 3.39. The van der Waals surface area contributed by atoms with Gasteiger partial charge in [-0.15, -0.1) is 0 Å². The molecule has 0 spiro atoms. The lowest BCUT2D eigenvalue weighted by Crippen LogP contribution is -2.39. The van der Waals surface area contributed by atoms with E-state index in [-0.39, 0.29) is 6.03 Å². The van der Waals surface area contributed by atoms with Crippen molar-refractivity contribution in [3.63, 3.8) is 0 Å². The first kappa shape index (κ1) is 19.2. The molecule has 3 aromatic rings. The maximum atomic E-state index is 12.7. The van der Waals surface area contributed by atoms with Gasteiger partial charge >= 0.3 is 6.03 Å². The predicted octanol–water partition coefficient (Wildman–Crippen LogP) is 4.79. The summed E-state index contributed by atoms with van der Waals surface area (Å²) in [6.07, 6.45) is 0.645. The van der Waals surface area contributed by atoms with Crippen LogP contribution < -0.4 is 10.1 Å². The minimum Gasteiger partial charge on any atom is -0.478 e. The van der Waals surface area contributed by atoms with Crippen molar-refractivity contribution in [2.75, 3.05) is 18.5 Å². The molecule has 0 atom stereocenters. The Labute approximate surface area is 174 Å². The average Bonchev–Trinajstić information content (AvgIpc) is 2.76. The molecule has 148 valence electrons. The van der Waals surface area contributed by atoms with Crippen LogP contribution in [0.4, 0.5) is 10.5 Å². The molecule has 0 saturated heterocycles. The summed E-state index contributed by atoms with van der Waals surface area (Å²) >= 11 is 5.91. The number of nitrogens with zero attached hydrogens (tertiary/aromatic N) is 3. The Bertz CT molecular complexity index is 1010. The van der Waals surface area contributed by atoms with E-state index in [1.165, 1.54) is 0 Å². The predicted molar refractivity (Wildman–Crippen MR) is 113 cm³/mol. The summed E-state index contributed by atoms with van der Waals surface area (Å²) in [5, 5.41) is 3.53. The fraction of sp³-hybridized carbons (Fsp3) is 0.227. The maximum absolute atomic E-state index is 12.7. The molecule has 2 aromatic carbocycles. The summed E-state index contributed by atoms with van der Waals surface area (Å²) in [5.41, 5.74) is 3.44. The topological polar surface area (TPSA) is 67.4 Å². The first-order valence-corrected chi connectivity index (χ1v) is 9.91. The molecule has 1 N–H and O–H groups in total. The summed E-state index contributed by atoms with van der Waals surface area (Å²) in [4.78, 5) is 23.8. The van der Waals surface area contributed by atoms with Crippen molar-refractivity contribution in [3.8, 4) is 17.3 Å². The minimum atomic E-state index is -0.174. The van der Waals surface area contributed by atoms with Gasteiger partial charge in [-0.1, -0.05) is 41.9 Å². The van der Waals surface area contributed by atoms with E-state index in [1.807, 2.05) is 37.3 Å². The van der Waals surface area contributed by atoms with Crippen LogP contribution in [-0.4, -0.2) is 34.1 Å². The summed E-state index contributed by atoms with van der Waals surface area (Å²) in [5.74, 6) is 1.19. The molecule has 0 unspecified atom stereocenters. The molecule has 0 aliphatic carbocycles. The Morgan fingerprint density at radius 2 is 1.90 bits per heavy atom. The molecule has 29 heavy (non-hydrogen) atoms. The van der Waals surface area contributed by atoms with E-state index in [4.69, 9.17) is 21.3 Å². The SMILES string of the molecule is CCOc1nc(-c2ccccc2)nc2c1CN(C(=O)Nc1ccc(Cl)cc1)CC2. The molecule has 4 rings (SSSR count). The number of fused-ring (bicyclic) bond motifs is 1. The van der Waals surface area contributed by atoms with E-state index in [0.29, 0.717) is 48.5 Å². The van der Waals surface area contributed by atoms with Gasteiger partial charge in [-0.2, -0.15) is 4.98 Å². The number of carbonyl (C=O) groups excluding carboxylic acids is 1. The molecule has 0 saturated carbocycles. The molecular weight excluding hydrogens is 388 g/mol.